The molecule has 2 atom stereocenters. The van der Waals surface area contributed by atoms with Crippen LogP contribution in [-0.2, 0) is 19.8 Å². The van der Waals surface area contributed by atoms with Crippen molar-refractivity contribution < 1.29 is 32.4 Å². The van der Waals surface area contributed by atoms with E-state index in [-0.39, 0.29) is 42.1 Å². The van der Waals surface area contributed by atoms with Gasteiger partial charge < -0.3 is 18.9 Å². The lowest BCUT2D eigenvalue weighted by atomic mass is 9.93. The topological polar surface area (TPSA) is 98.2 Å². The molecule has 1 aromatic heterocycles. The van der Waals surface area contributed by atoms with Crippen molar-refractivity contribution in [2.24, 2.45) is 0 Å². The summed E-state index contributed by atoms with van der Waals surface area (Å²) in [5, 5.41) is 1.63. The second kappa shape index (κ2) is 10.1. The summed E-state index contributed by atoms with van der Waals surface area (Å²) in [7, 11) is -3.27. The molecule has 1 saturated heterocycles. The van der Waals surface area contributed by atoms with Crippen LogP contribution in [-0.4, -0.2) is 60.7 Å². The van der Waals surface area contributed by atoms with Crippen LogP contribution < -0.4 is 20.5 Å². The fraction of sp³-hybridized carbons (Fsp3) is 0.321. The van der Waals surface area contributed by atoms with Gasteiger partial charge in [0, 0.05) is 35.9 Å². The number of hydrogen-bond donors (Lipinski definition) is 0. The number of aromatic nitrogens is 1. The van der Waals surface area contributed by atoms with Crippen molar-refractivity contribution in [2.75, 3.05) is 38.1 Å². The highest BCUT2D eigenvalue weighted by atomic mass is 32.2. The quantitative estimate of drug-likeness (QED) is 0.333. The molecule has 9 nitrogen and oxygen atoms in total. The number of carbonyl (C=O) groups is 2. The van der Waals surface area contributed by atoms with Crippen LogP contribution in [0.4, 0.5) is 8.78 Å². The molecule has 0 saturated carbocycles. The van der Waals surface area contributed by atoms with Gasteiger partial charge in [0.2, 0.25) is 11.2 Å². The van der Waals surface area contributed by atoms with Gasteiger partial charge in [0.05, 0.1) is 24.6 Å². The summed E-state index contributed by atoms with van der Waals surface area (Å²) in [6.07, 6.45) is 0.592. The predicted molar refractivity (Wildman–Crippen MR) is 149 cm³/mol. The van der Waals surface area contributed by atoms with E-state index in [1.54, 1.807) is 5.01 Å². The molecular weight excluding hydrogens is 575 g/mol. The zero-order valence-corrected chi connectivity index (χ0v) is 24.1. The molecule has 3 aromatic rings. The second-order valence-electron chi connectivity index (χ2n) is 10.4. The number of thioether (sulfide) groups is 1. The minimum atomic E-state index is -3.27. The second-order valence-corrected chi connectivity index (χ2v) is 14.6. The summed E-state index contributed by atoms with van der Waals surface area (Å²) in [5.74, 6) is -3.72. The van der Waals surface area contributed by atoms with Crippen molar-refractivity contribution in [1.29, 1.82) is 0 Å². The molecule has 0 aliphatic carbocycles. The number of hydrogen-bond acceptors (Lipinski definition) is 8. The number of rotatable bonds is 3. The zero-order valence-electron chi connectivity index (χ0n) is 22.4. The molecule has 2 aromatic carbocycles. The van der Waals surface area contributed by atoms with Crippen LogP contribution in [0.1, 0.15) is 40.1 Å². The molecule has 3 aliphatic rings. The minimum absolute atomic E-state index is 0.0657. The summed E-state index contributed by atoms with van der Waals surface area (Å²) in [6, 6.07) is 9.21. The largest absolute Gasteiger partial charge is 0.420 e. The molecule has 4 heterocycles. The van der Waals surface area contributed by atoms with Crippen molar-refractivity contribution in [3.05, 3.63) is 86.8 Å². The van der Waals surface area contributed by atoms with Crippen LogP contribution in [0.5, 0.6) is 5.75 Å². The predicted octanol–water partition coefficient (Wildman–Crippen LogP) is 3.45. The molecule has 6 rings (SSSR count). The molecule has 0 radical (unpaired) electrons. The highest BCUT2D eigenvalue weighted by Gasteiger charge is 2.47. The number of halogens is 2. The lowest BCUT2D eigenvalue weighted by molar-refractivity contribution is -0.132. The molecule has 0 bridgehead atoms. The first-order valence-corrected chi connectivity index (χ1v) is 16.5. The molecule has 0 N–H and O–H groups in total. The van der Waals surface area contributed by atoms with Crippen LogP contribution >= 0.6 is 18.9 Å². The SMILES string of the molecule is CC(=O)Oc1c2n(cc(P(C)(C)=O)c1=O)N([C@@H]1c3ccccc3SCc3c1ccc(F)c3F)[C@@H]1COCCN1C2=O. The number of pyridine rings is 1. The third-order valence-corrected chi connectivity index (χ3v) is 10.0. The van der Waals surface area contributed by atoms with E-state index in [9.17, 15) is 23.3 Å². The third-order valence-electron chi connectivity index (χ3n) is 7.45. The van der Waals surface area contributed by atoms with E-state index in [0.717, 1.165) is 23.4 Å². The van der Waals surface area contributed by atoms with Gasteiger partial charge in [-0.15, -0.1) is 11.8 Å². The molecule has 3 aliphatic heterocycles. The Hall–Kier alpha value is -3.47. The molecule has 13 heteroatoms. The first-order valence-electron chi connectivity index (χ1n) is 12.9. The molecule has 214 valence electrons. The van der Waals surface area contributed by atoms with E-state index in [1.807, 2.05) is 24.3 Å². The number of benzene rings is 2. The number of amides is 1. The van der Waals surface area contributed by atoms with Crippen molar-refractivity contribution in [2.45, 2.75) is 29.8 Å². The number of fused-ring (bicyclic) bond motifs is 4. The molecule has 41 heavy (non-hydrogen) atoms. The fourth-order valence-electron chi connectivity index (χ4n) is 5.64. The first-order chi connectivity index (χ1) is 19.5. The van der Waals surface area contributed by atoms with Gasteiger partial charge in [-0.3, -0.25) is 24.1 Å². The molecule has 0 unspecified atom stereocenters. The maximum Gasteiger partial charge on any atom is 0.308 e. The van der Waals surface area contributed by atoms with Gasteiger partial charge in [-0.2, -0.15) is 0 Å². The van der Waals surface area contributed by atoms with Gasteiger partial charge in [-0.1, -0.05) is 24.3 Å². The average molecular weight is 602 g/mol. The number of nitrogens with zero attached hydrogens (tertiary/aromatic N) is 3. The monoisotopic (exact) mass is 601 g/mol. The van der Waals surface area contributed by atoms with E-state index >= 15 is 4.39 Å². The average Bonchev–Trinajstić information content (AvgIpc) is 3.09. The number of esters is 1. The zero-order chi connectivity index (χ0) is 29.2. The van der Waals surface area contributed by atoms with Gasteiger partial charge >= 0.3 is 5.97 Å². The molecular formula is C28H26F2N3O6PS. The highest BCUT2D eigenvalue weighted by molar-refractivity contribution is 7.98. The normalized spacial score (nSPS) is 20.0. The molecule has 1 amide bonds. The third kappa shape index (κ3) is 4.49. The summed E-state index contributed by atoms with van der Waals surface area (Å²) in [6.45, 7) is 4.39. The van der Waals surface area contributed by atoms with Crippen LogP contribution in [0.2, 0.25) is 0 Å². The van der Waals surface area contributed by atoms with E-state index in [1.165, 1.54) is 46.9 Å². The van der Waals surface area contributed by atoms with Crippen molar-refractivity contribution in [3.63, 3.8) is 0 Å². The Labute approximate surface area is 238 Å². The van der Waals surface area contributed by atoms with E-state index in [0.29, 0.717) is 5.56 Å². The summed E-state index contributed by atoms with van der Waals surface area (Å²) in [4.78, 5) is 42.0. The lowest BCUT2D eigenvalue weighted by Crippen LogP contribution is -2.67. The number of morpholine rings is 1. The van der Waals surface area contributed by atoms with Crippen molar-refractivity contribution in [3.8, 4) is 5.75 Å². The van der Waals surface area contributed by atoms with Crippen LogP contribution in [0.25, 0.3) is 0 Å². The maximum absolute atomic E-state index is 15.4. The fourth-order valence-corrected chi connectivity index (χ4v) is 7.73. The lowest BCUT2D eigenvalue weighted by Gasteiger charge is -2.51. The van der Waals surface area contributed by atoms with E-state index in [2.05, 4.69) is 0 Å². The van der Waals surface area contributed by atoms with Gasteiger partial charge in [0.15, 0.2) is 17.3 Å². The Balaban J connectivity index is 1.73. The van der Waals surface area contributed by atoms with Gasteiger partial charge in [-0.05, 0) is 36.6 Å². The highest BCUT2D eigenvalue weighted by Crippen LogP contribution is 2.45. The summed E-state index contributed by atoms with van der Waals surface area (Å²) in [5.41, 5.74) is 0.330. The van der Waals surface area contributed by atoms with Crippen molar-refractivity contribution >= 4 is 36.1 Å². The Morgan fingerprint density at radius 2 is 1.88 bits per heavy atom. The summed E-state index contributed by atoms with van der Waals surface area (Å²) >= 11 is 1.36. The minimum Gasteiger partial charge on any atom is -0.420 e. The van der Waals surface area contributed by atoms with Crippen LogP contribution in [0.3, 0.4) is 0 Å². The smallest absolute Gasteiger partial charge is 0.308 e. The van der Waals surface area contributed by atoms with Crippen molar-refractivity contribution in [1.82, 2.24) is 9.58 Å². The Morgan fingerprint density at radius 3 is 2.61 bits per heavy atom. The number of ether oxygens (including phenoxy) is 2. The summed E-state index contributed by atoms with van der Waals surface area (Å²) < 4.78 is 55.8. The van der Waals surface area contributed by atoms with E-state index in [4.69, 9.17) is 9.47 Å². The maximum atomic E-state index is 15.4. The molecule has 1 fully saturated rings. The standard InChI is InChI=1S/C28H26F2N3O6PS/c1-15(34)39-27-25-28(36)31-10-11-38-13-22(31)33(32(25)12-20(26(27)35)40(2,3)37)24-16-8-9-19(29)23(30)18(16)14-41-21-7-5-4-6-17(21)24/h4-9,12,22,24H,10-11,13-14H2,1-3H3/t22-,24+/m1/s1. The Bertz CT molecular complexity index is 1720. The van der Waals surface area contributed by atoms with Crippen LogP contribution in [0, 0.1) is 11.6 Å². The Kier molecular flexibility index (Phi) is 6.83. The van der Waals surface area contributed by atoms with Gasteiger partial charge in [0.1, 0.15) is 13.3 Å². The first kappa shape index (κ1) is 27.7. The van der Waals surface area contributed by atoms with E-state index < -0.39 is 54.0 Å². The van der Waals surface area contributed by atoms with Gasteiger partial charge in [0.25, 0.3) is 5.91 Å². The Morgan fingerprint density at radius 1 is 1.12 bits per heavy atom. The van der Waals surface area contributed by atoms with Crippen LogP contribution in [0.15, 0.2) is 52.3 Å². The molecule has 0 spiro atoms. The van der Waals surface area contributed by atoms with Gasteiger partial charge in [-0.25, -0.2) is 8.78 Å². The number of carbonyl (C=O) groups excluding carboxylic acids is 2.